The molecule has 0 spiro atoms. The first kappa shape index (κ1) is 16.0. The highest BCUT2D eigenvalue weighted by Crippen LogP contribution is 2.23. The van der Waals surface area contributed by atoms with E-state index in [1.165, 1.54) is 0 Å². The Bertz CT molecular complexity index is 573. The predicted octanol–water partition coefficient (Wildman–Crippen LogP) is 3.95. The van der Waals surface area contributed by atoms with Gasteiger partial charge in [0.15, 0.2) is 0 Å². The lowest BCUT2D eigenvalue weighted by molar-refractivity contribution is 0.216. The highest BCUT2D eigenvalue weighted by atomic mass is 35.5. The number of benzene rings is 2. The van der Waals surface area contributed by atoms with Crippen molar-refractivity contribution < 1.29 is 9.47 Å². The lowest BCUT2D eigenvalue weighted by atomic mass is 10.1. The zero-order valence-corrected chi connectivity index (χ0v) is 13.0. The smallest absolute Gasteiger partial charge is 0.122 e. The fourth-order valence-electron chi connectivity index (χ4n) is 1.88. The topological polar surface area (TPSA) is 44.5 Å². The van der Waals surface area contributed by atoms with Gasteiger partial charge in [-0.05, 0) is 61.0 Å². The first-order chi connectivity index (χ1) is 10.2. The van der Waals surface area contributed by atoms with Crippen LogP contribution in [-0.4, -0.2) is 19.8 Å². The summed E-state index contributed by atoms with van der Waals surface area (Å²) >= 11 is 11.8. The van der Waals surface area contributed by atoms with Crippen LogP contribution in [0.25, 0.3) is 0 Å². The van der Waals surface area contributed by atoms with Gasteiger partial charge in [0, 0.05) is 10.0 Å². The molecule has 0 radical (unpaired) electrons. The maximum absolute atomic E-state index is 5.97. The number of hydrogen-bond acceptors (Lipinski definition) is 3. The third-order valence-corrected chi connectivity index (χ3v) is 3.35. The second-order valence-electron chi connectivity index (χ2n) is 4.44. The van der Waals surface area contributed by atoms with Gasteiger partial charge in [-0.15, -0.1) is 0 Å². The molecule has 21 heavy (non-hydrogen) atoms. The molecule has 2 aromatic carbocycles. The Morgan fingerprint density at radius 3 is 2.24 bits per heavy atom. The van der Waals surface area contributed by atoms with Crippen LogP contribution in [0.2, 0.25) is 10.0 Å². The molecular weight excluding hydrogens is 309 g/mol. The number of halogens is 2. The summed E-state index contributed by atoms with van der Waals surface area (Å²) in [6.07, 6.45) is 0.730. The van der Waals surface area contributed by atoms with Crippen molar-refractivity contribution >= 4 is 23.2 Å². The monoisotopic (exact) mass is 325 g/mol. The van der Waals surface area contributed by atoms with Crippen LogP contribution in [0.15, 0.2) is 42.5 Å². The van der Waals surface area contributed by atoms with Gasteiger partial charge in [-0.1, -0.05) is 23.2 Å². The summed E-state index contributed by atoms with van der Waals surface area (Å²) < 4.78 is 11.3. The second kappa shape index (κ2) is 8.13. The average molecular weight is 326 g/mol. The Hall–Kier alpha value is -1.42. The van der Waals surface area contributed by atoms with Crippen molar-refractivity contribution in [3.05, 3.63) is 58.1 Å². The van der Waals surface area contributed by atoms with Crippen molar-refractivity contribution in [2.45, 2.75) is 6.42 Å². The molecule has 0 saturated heterocycles. The van der Waals surface area contributed by atoms with E-state index in [0.717, 1.165) is 23.5 Å². The highest BCUT2D eigenvalue weighted by molar-refractivity contribution is 6.30. The molecule has 112 valence electrons. The van der Waals surface area contributed by atoms with Crippen molar-refractivity contribution in [1.82, 2.24) is 0 Å². The highest BCUT2D eigenvalue weighted by Gasteiger charge is 2.04. The minimum absolute atomic E-state index is 0.446. The quantitative estimate of drug-likeness (QED) is 0.784. The first-order valence-electron chi connectivity index (χ1n) is 6.68. The molecule has 0 aliphatic carbocycles. The van der Waals surface area contributed by atoms with Gasteiger partial charge in [0.1, 0.15) is 24.7 Å². The fourth-order valence-corrected chi connectivity index (χ4v) is 2.20. The maximum atomic E-state index is 5.97. The summed E-state index contributed by atoms with van der Waals surface area (Å²) in [6.45, 7) is 1.45. The lowest BCUT2D eigenvalue weighted by Crippen LogP contribution is -2.11. The van der Waals surface area contributed by atoms with Crippen LogP contribution in [0.3, 0.4) is 0 Å². The average Bonchev–Trinajstić information content (AvgIpc) is 2.48. The van der Waals surface area contributed by atoms with Gasteiger partial charge in [-0.2, -0.15) is 0 Å². The number of nitrogens with two attached hydrogens (primary N) is 1. The summed E-state index contributed by atoms with van der Waals surface area (Å²) in [5, 5.41) is 1.37. The standard InChI is InChI=1S/C16H17Cl2NO2/c17-13-1-4-15(5-2-13)20-9-10-21-16-6-3-14(18)11-12(16)7-8-19/h1-6,11H,7-10,19H2. The van der Waals surface area contributed by atoms with Crippen molar-refractivity contribution in [1.29, 1.82) is 0 Å². The molecule has 0 fully saturated rings. The van der Waals surface area contributed by atoms with Gasteiger partial charge in [-0.25, -0.2) is 0 Å². The van der Waals surface area contributed by atoms with Crippen molar-refractivity contribution in [3.8, 4) is 11.5 Å². The van der Waals surface area contributed by atoms with E-state index in [1.807, 2.05) is 24.3 Å². The van der Waals surface area contributed by atoms with Crippen molar-refractivity contribution in [2.24, 2.45) is 5.73 Å². The van der Waals surface area contributed by atoms with Crippen LogP contribution in [-0.2, 0) is 6.42 Å². The number of rotatable bonds is 7. The molecule has 0 aliphatic rings. The molecule has 0 unspecified atom stereocenters. The SMILES string of the molecule is NCCc1cc(Cl)ccc1OCCOc1ccc(Cl)cc1. The Kier molecular flexibility index (Phi) is 6.18. The molecule has 2 N–H and O–H groups in total. The minimum atomic E-state index is 0.446. The molecule has 0 bridgehead atoms. The van der Waals surface area contributed by atoms with E-state index >= 15 is 0 Å². The predicted molar refractivity (Wildman–Crippen MR) is 86.7 cm³/mol. The van der Waals surface area contributed by atoms with Crippen LogP contribution >= 0.6 is 23.2 Å². The molecule has 2 rings (SSSR count). The van der Waals surface area contributed by atoms with E-state index in [9.17, 15) is 0 Å². The Labute approximate surface area is 134 Å². The molecular formula is C16H17Cl2NO2. The van der Waals surface area contributed by atoms with E-state index in [4.69, 9.17) is 38.4 Å². The normalized spacial score (nSPS) is 10.4. The molecule has 0 aromatic heterocycles. The molecule has 0 heterocycles. The van der Waals surface area contributed by atoms with Gasteiger partial charge in [0.2, 0.25) is 0 Å². The molecule has 0 aliphatic heterocycles. The summed E-state index contributed by atoms with van der Waals surface area (Å²) in [7, 11) is 0. The van der Waals surface area contributed by atoms with E-state index in [2.05, 4.69) is 0 Å². The summed E-state index contributed by atoms with van der Waals surface area (Å²) in [5.74, 6) is 1.56. The van der Waals surface area contributed by atoms with Crippen LogP contribution in [0.4, 0.5) is 0 Å². The van der Waals surface area contributed by atoms with Gasteiger partial charge in [0.05, 0.1) is 0 Å². The summed E-state index contributed by atoms with van der Waals surface area (Å²) in [4.78, 5) is 0. The number of ether oxygens (including phenoxy) is 2. The third-order valence-electron chi connectivity index (χ3n) is 2.86. The molecule has 0 saturated carbocycles. The third kappa shape index (κ3) is 5.12. The van der Waals surface area contributed by atoms with Gasteiger partial charge in [0.25, 0.3) is 0 Å². The zero-order chi connectivity index (χ0) is 15.1. The first-order valence-corrected chi connectivity index (χ1v) is 7.44. The molecule has 2 aromatic rings. The molecule has 3 nitrogen and oxygen atoms in total. The van der Waals surface area contributed by atoms with Crippen molar-refractivity contribution in [2.75, 3.05) is 19.8 Å². The maximum Gasteiger partial charge on any atom is 0.122 e. The van der Waals surface area contributed by atoms with E-state index < -0.39 is 0 Å². The Morgan fingerprint density at radius 2 is 1.52 bits per heavy atom. The number of hydrogen-bond donors (Lipinski definition) is 1. The fraction of sp³-hybridized carbons (Fsp3) is 0.250. The zero-order valence-electron chi connectivity index (χ0n) is 11.5. The molecule has 5 heteroatoms. The van der Waals surface area contributed by atoms with Gasteiger partial charge < -0.3 is 15.2 Å². The molecule has 0 atom stereocenters. The van der Waals surface area contributed by atoms with Gasteiger partial charge >= 0.3 is 0 Å². The molecule has 0 amide bonds. The summed E-state index contributed by atoms with van der Waals surface area (Å²) in [5.41, 5.74) is 6.60. The Balaban J connectivity index is 1.84. The second-order valence-corrected chi connectivity index (χ2v) is 5.31. The van der Waals surface area contributed by atoms with Crippen LogP contribution in [0.1, 0.15) is 5.56 Å². The van der Waals surface area contributed by atoms with Crippen molar-refractivity contribution in [3.63, 3.8) is 0 Å². The Morgan fingerprint density at radius 1 is 0.857 bits per heavy atom. The van der Waals surface area contributed by atoms with Crippen LogP contribution in [0, 0.1) is 0 Å². The summed E-state index contributed by atoms with van der Waals surface area (Å²) in [6, 6.07) is 12.8. The van der Waals surface area contributed by atoms with E-state index in [0.29, 0.717) is 29.8 Å². The minimum Gasteiger partial charge on any atom is -0.490 e. The lowest BCUT2D eigenvalue weighted by Gasteiger charge is -2.12. The van der Waals surface area contributed by atoms with Gasteiger partial charge in [-0.3, -0.25) is 0 Å². The largest absolute Gasteiger partial charge is 0.490 e. The van der Waals surface area contributed by atoms with E-state index in [-0.39, 0.29) is 0 Å². The van der Waals surface area contributed by atoms with Crippen LogP contribution < -0.4 is 15.2 Å². The van der Waals surface area contributed by atoms with E-state index in [1.54, 1.807) is 18.2 Å². The van der Waals surface area contributed by atoms with Crippen LogP contribution in [0.5, 0.6) is 11.5 Å².